The van der Waals surface area contributed by atoms with Gasteiger partial charge < -0.3 is 15.8 Å². The monoisotopic (exact) mass is 199 g/mol. The summed E-state index contributed by atoms with van der Waals surface area (Å²) in [7, 11) is 0. The molecule has 0 aromatic carbocycles. The van der Waals surface area contributed by atoms with E-state index in [1.165, 1.54) is 12.8 Å². The lowest BCUT2D eigenvalue weighted by molar-refractivity contribution is 0.182. The molecule has 14 heavy (non-hydrogen) atoms. The third-order valence-corrected chi connectivity index (χ3v) is 3.03. The highest BCUT2D eigenvalue weighted by molar-refractivity contribution is 5.82. The maximum absolute atomic E-state index is 8.52. The van der Waals surface area contributed by atoms with Gasteiger partial charge in [-0.3, -0.25) is 0 Å². The number of oxime groups is 1. The third-order valence-electron chi connectivity index (χ3n) is 3.03. The van der Waals surface area contributed by atoms with Crippen LogP contribution in [0.3, 0.4) is 0 Å². The number of piperidine rings is 1. The fraction of sp³-hybridized carbons (Fsp3) is 0.900. The van der Waals surface area contributed by atoms with Gasteiger partial charge in [0.25, 0.3) is 0 Å². The number of nitrogens with two attached hydrogens (primary N) is 1. The minimum atomic E-state index is 0.147. The maximum atomic E-state index is 8.52. The molecule has 1 saturated heterocycles. The van der Waals surface area contributed by atoms with E-state index >= 15 is 0 Å². The van der Waals surface area contributed by atoms with E-state index < -0.39 is 0 Å². The van der Waals surface area contributed by atoms with Gasteiger partial charge in [-0.25, -0.2) is 0 Å². The average molecular weight is 199 g/mol. The molecule has 0 radical (unpaired) electrons. The number of hydrogen-bond donors (Lipinski definition) is 2. The van der Waals surface area contributed by atoms with Gasteiger partial charge in [0.05, 0.1) is 0 Å². The van der Waals surface area contributed by atoms with Crippen LogP contribution in [0.5, 0.6) is 0 Å². The molecule has 4 heteroatoms. The van der Waals surface area contributed by atoms with Crippen molar-refractivity contribution in [3.8, 4) is 0 Å². The molecule has 1 atom stereocenters. The van der Waals surface area contributed by atoms with E-state index in [9.17, 15) is 0 Å². The third kappa shape index (κ3) is 3.18. The molecule has 1 unspecified atom stereocenters. The topological polar surface area (TPSA) is 61.8 Å². The smallest absolute Gasteiger partial charge is 0.143 e. The summed E-state index contributed by atoms with van der Waals surface area (Å²) in [6.07, 6.45) is 2.53. The summed E-state index contributed by atoms with van der Waals surface area (Å²) in [5.74, 6) is 1.34. The van der Waals surface area contributed by atoms with Gasteiger partial charge in [-0.2, -0.15) is 0 Å². The normalized spacial score (nSPS) is 23.7. The van der Waals surface area contributed by atoms with Crippen LogP contribution < -0.4 is 5.73 Å². The summed E-state index contributed by atoms with van der Waals surface area (Å²) < 4.78 is 0. The van der Waals surface area contributed by atoms with Gasteiger partial charge in [0, 0.05) is 12.5 Å². The average Bonchev–Trinajstić information content (AvgIpc) is 2.20. The zero-order chi connectivity index (χ0) is 10.6. The van der Waals surface area contributed by atoms with Gasteiger partial charge in [-0.05, 0) is 31.8 Å². The van der Waals surface area contributed by atoms with E-state index in [1.54, 1.807) is 0 Å². The number of likely N-dealkylation sites (tertiary alicyclic amines) is 1. The second kappa shape index (κ2) is 5.20. The van der Waals surface area contributed by atoms with E-state index in [0.29, 0.717) is 5.84 Å². The maximum Gasteiger partial charge on any atom is 0.143 e. The Morgan fingerprint density at radius 1 is 1.57 bits per heavy atom. The number of nitrogens with zero attached hydrogens (tertiary/aromatic N) is 2. The van der Waals surface area contributed by atoms with Crippen molar-refractivity contribution >= 4 is 5.84 Å². The predicted octanol–water partition coefficient (Wildman–Crippen LogP) is 1.10. The van der Waals surface area contributed by atoms with Crippen LogP contribution in [-0.2, 0) is 0 Å². The van der Waals surface area contributed by atoms with Crippen molar-refractivity contribution in [2.75, 3.05) is 19.6 Å². The van der Waals surface area contributed by atoms with E-state index in [2.05, 4.69) is 17.0 Å². The Hall–Kier alpha value is -0.770. The minimum Gasteiger partial charge on any atom is -0.409 e. The van der Waals surface area contributed by atoms with Gasteiger partial charge >= 0.3 is 0 Å². The highest BCUT2D eigenvalue weighted by atomic mass is 16.4. The van der Waals surface area contributed by atoms with Crippen molar-refractivity contribution in [1.82, 2.24) is 4.90 Å². The fourth-order valence-corrected chi connectivity index (χ4v) is 1.82. The van der Waals surface area contributed by atoms with Crippen LogP contribution in [0.1, 0.15) is 26.7 Å². The standard InChI is InChI=1S/C10H21N3O/c1-8-3-5-13(6-4-8)7-9(2)10(11)12-14/h8-9,14H,3-7H2,1-2H3,(H2,11,12). The Labute approximate surface area is 85.8 Å². The number of hydrogen-bond acceptors (Lipinski definition) is 3. The molecule has 0 saturated carbocycles. The molecular formula is C10H21N3O. The second-order valence-electron chi connectivity index (χ2n) is 4.41. The SMILES string of the molecule is CC1CCN(CC(C)/C(N)=N/O)CC1. The van der Waals surface area contributed by atoms with E-state index in [-0.39, 0.29) is 5.92 Å². The molecule has 1 aliphatic rings. The lowest BCUT2D eigenvalue weighted by Crippen LogP contribution is -2.39. The molecular weight excluding hydrogens is 178 g/mol. The zero-order valence-electron chi connectivity index (χ0n) is 9.11. The van der Waals surface area contributed by atoms with Gasteiger partial charge in [0.1, 0.15) is 5.84 Å². The molecule has 82 valence electrons. The first-order chi connectivity index (χ1) is 6.63. The molecule has 4 nitrogen and oxygen atoms in total. The first-order valence-electron chi connectivity index (χ1n) is 5.33. The lowest BCUT2D eigenvalue weighted by atomic mass is 9.98. The molecule has 0 amide bonds. The Bertz CT molecular complexity index is 198. The van der Waals surface area contributed by atoms with Crippen LogP contribution in [-0.4, -0.2) is 35.6 Å². The van der Waals surface area contributed by atoms with Crippen molar-refractivity contribution in [1.29, 1.82) is 0 Å². The van der Waals surface area contributed by atoms with E-state index in [1.807, 2.05) is 6.92 Å². The summed E-state index contributed by atoms with van der Waals surface area (Å²) in [5, 5.41) is 11.6. The highest BCUT2D eigenvalue weighted by Crippen LogP contribution is 2.16. The Morgan fingerprint density at radius 3 is 2.64 bits per heavy atom. The number of amidine groups is 1. The van der Waals surface area contributed by atoms with Crippen molar-refractivity contribution < 1.29 is 5.21 Å². The molecule has 0 aromatic heterocycles. The predicted molar refractivity (Wildman–Crippen MR) is 57.4 cm³/mol. The van der Waals surface area contributed by atoms with Gasteiger partial charge in [-0.1, -0.05) is 19.0 Å². The van der Waals surface area contributed by atoms with Crippen LogP contribution in [0.2, 0.25) is 0 Å². The second-order valence-corrected chi connectivity index (χ2v) is 4.41. The Morgan fingerprint density at radius 2 is 2.14 bits per heavy atom. The largest absolute Gasteiger partial charge is 0.409 e. The molecule has 0 spiro atoms. The molecule has 1 aliphatic heterocycles. The van der Waals surface area contributed by atoms with Crippen LogP contribution >= 0.6 is 0 Å². The van der Waals surface area contributed by atoms with E-state index in [0.717, 1.165) is 25.6 Å². The molecule has 1 heterocycles. The first-order valence-corrected chi connectivity index (χ1v) is 5.33. The summed E-state index contributed by atoms with van der Waals surface area (Å²) in [4.78, 5) is 2.39. The Kier molecular flexibility index (Phi) is 4.20. The first kappa shape index (κ1) is 11.3. The number of rotatable bonds is 3. The van der Waals surface area contributed by atoms with Crippen LogP contribution in [0.4, 0.5) is 0 Å². The molecule has 1 fully saturated rings. The van der Waals surface area contributed by atoms with Crippen LogP contribution in [0.25, 0.3) is 0 Å². The summed E-state index contributed by atoms with van der Waals surface area (Å²) in [6, 6.07) is 0. The van der Waals surface area contributed by atoms with Crippen molar-refractivity contribution in [2.45, 2.75) is 26.7 Å². The summed E-state index contributed by atoms with van der Waals surface area (Å²) >= 11 is 0. The van der Waals surface area contributed by atoms with Crippen LogP contribution in [0, 0.1) is 11.8 Å². The minimum absolute atomic E-state index is 0.147. The van der Waals surface area contributed by atoms with Crippen molar-refractivity contribution in [2.24, 2.45) is 22.7 Å². The quantitative estimate of drug-likeness (QED) is 0.310. The lowest BCUT2D eigenvalue weighted by Gasteiger charge is -2.31. The molecule has 0 aliphatic carbocycles. The van der Waals surface area contributed by atoms with Gasteiger partial charge in [-0.15, -0.1) is 0 Å². The van der Waals surface area contributed by atoms with Gasteiger partial charge in [0.2, 0.25) is 0 Å². The summed E-state index contributed by atoms with van der Waals surface area (Å²) in [5.41, 5.74) is 5.53. The highest BCUT2D eigenvalue weighted by Gasteiger charge is 2.18. The Balaban J connectivity index is 2.31. The molecule has 0 bridgehead atoms. The molecule has 3 N–H and O–H groups in total. The van der Waals surface area contributed by atoms with Crippen molar-refractivity contribution in [3.05, 3.63) is 0 Å². The summed E-state index contributed by atoms with van der Waals surface area (Å²) in [6.45, 7) is 7.48. The molecule has 1 rings (SSSR count). The zero-order valence-corrected chi connectivity index (χ0v) is 9.11. The van der Waals surface area contributed by atoms with Crippen LogP contribution in [0.15, 0.2) is 5.16 Å². The van der Waals surface area contributed by atoms with Crippen molar-refractivity contribution in [3.63, 3.8) is 0 Å². The fourth-order valence-electron chi connectivity index (χ4n) is 1.82. The molecule has 0 aromatic rings. The van der Waals surface area contributed by atoms with Gasteiger partial charge in [0.15, 0.2) is 0 Å². The van der Waals surface area contributed by atoms with E-state index in [4.69, 9.17) is 10.9 Å².